The van der Waals surface area contributed by atoms with Crippen LogP contribution in [0.2, 0.25) is 0 Å². The first-order valence-corrected chi connectivity index (χ1v) is 4.25. The Morgan fingerprint density at radius 1 is 1.54 bits per heavy atom. The molecule has 1 unspecified atom stereocenters. The SMILES string of the molecule is Cc1cc(F)cc(C(C)CN)c1O. The van der Waals surface area contributed by atoms with Crippen molar-refractivity contribution in [2.45, 2.75) is 19.8 Å². The highest BCUT2D eigenvalue weighted by molar-refractivity contribution is 5.42. The lowest BCUT2D eigenvalue weighted by molar-refractivity contribution is 0.456. The largest absolute Gasteiger partial charge is 0.507 e. The van der Waals surface area contributed by atoms with E-state index in [0.717, 1.165) is 0 Å². The number of aromatic hydroxyl groups is 1. The quantitative estimate of drug-likeness (QED) is 0.735. The van der Waals surface area contributed by atoms with E-state index in [-0.39, 0.29) is 17.5 Å². The number of aryl methyl sites for hydroxylation is 1. The summed E-state index contributed by atoms with van der Waals surface area (Å²) < 4.78 is 13.0. The minimum atomic E-state index is -0.328. The molecule has 0 saturated carbocycles. The zero-order valence-corrected chi connectivity index (χ0v) is 7.84. The molecule has 3 heteroatoms. The summed E-state index contributed by atoms with van der Waals surface area (Å²) in [5.41, 5.74) is 6.57. The molecule has 0 aliphatic rings. The molecule has 0 fully saturated rings. The molecule has 0 saturated heterocycles. The summed E-state index contributed by atoms with van der Waals surface area (Å²) in [6.45, 7) is 3.93. The van der Waals surface area contributed by atoms with Gasteiger partial charge in [-0.25, -0.2) is 4.39 Å². The summed E-state index contributed by atoms with van der Waals surface area (Å²) >= 11 is 0. The van der Waals surface area contributed by atoms with Gasteiger partial charge in [-0.3, -0.25) is 0 Å². The summed E-state index contributed by atoms with van der Waals surface area (Å²) in [7, 11) is 0. The summed E-state index contributed by atoms with van der Waals surface area (Å²) in [4.78, 5) is 0. The van der Waals surface area contributed by atoms with Gasteiger partial charge in [0.2, 0.25) is 0 Å². The lowest BCUT2D eigenvalue weighted by Crippen LogP contribution is -2.09. The number of rotatable bonds is 2. The molecule has 0 heterocycles. The molecule has 3 N–H and O–H groups in total. The van der Waals surface area contributed by atoms with Gasteiger partial charge in [0, 0.05) is 5.56 Å². The van der Waals surface area contributed by atoms with Crippen LogP contribution in [-0.4, -0.2) is 11.7 Å². The van der Waals surface area contributed by atoms with Crippen molar-refractivity contribution in [3.63, 3.8) is 0 Å². The van der Waals surface area contributed by atoms with E-state index < -0.39 is 0 Å². The lowest BCUT2D eigenvalue weighted by atomic mass is 9.98. The van der Waals surface area contributed by atoms with E-state index in [1.165, 1.54) is 12.1 Å². The number of nitrogens with two attached hydrogens (primary N) is 1. The fourth-order valence-electron chi connectivity index (χ4n) is 1.26. The standard InChI is InChI=1S/C10H14FNO/c1-6-3-8(11)4-9(10(6)13)7(2)5-12/h3-4,7,13H,5,12H2,1-2H3. The summed E-state index contributed by atoms with van der Waals surface area (Å²) in [6, 6.07) is 2.64. The maximum absolute atomic E-state index is 13.0. The van der Waals surface area contributed by atoms with Crippen molar-refractivity contribution in [2.24, 2.45) is 5.73 Å². The van der Waals surface area contributed by atoms with Crippen LogP contribution < -0.4 is 5.73 Å². The Morgan fingerprint density at radius 2 is 2.15 bits per heavy atom. The topological polar surface area (TPSA) is 46.2 Å². The molecule has 1 atom stereocenters. The highest BCUT2D eigenvalue weighted by Gasteiger charge is 2.12. The molecule has 1 rings (SSSR count). The molecule has 72 valence electrons. The average molecular weight is 183 g/mol. The smallest absolute Gasteiger partial charge is 0.124 e. The molecule has 0 amide bonds. The molecule has 1 aromatic carbocycles. The van der Waals surface area contributed by atoms with Crippen molar-refractivity contribution in [1.82, 2.24) is 0 Å². The highest BCUT2D eigenvalue weighted by atomic mass is 19.1. The molecule has 0 aliphatic carbocycles. The van der Waals surface area contributed by atoms with E-state index in [4.69, 9.17) is 5.73 Å². The van der Waals surface area contributed by atoms with Crippen molar-refractivity contribution in [3.8, 4) is 5.75 Å². The van der Waals surface area contributed by atoms with Gasteiger partial charge < -0.3 is 10.8 Å². The van der Waals surface area contributed by atoms with Crippen molar-refractivity contribution in [3.05, 3.63) is 29.1 Å². The van der Waals surface area contributed by atoms with Crippen molar-refractivity contribution >= 4 is 0 Å². The summed E-state index contributed by atoms with van der Waals surface area (Å²) in [5.74, 6) is -0.195. The van der Waals surface area contributed by atoms with E-state index in [0.29, 0.717) is 17.7 Å². The number of halogens is 1. The molecule has 2 nitrogen and oxygen atoms in total. The van der Waals surface area contributed by atoms with Crippen LogP contribution in [0.25, 0.3) is 0 Å². The molecular weight excluding hydrogens is 169 g/mol. The Labute approximate surface area is 77.2 Å². The van der Waals surface area contributed by atoms with Crippen LogP contribution in [0.1, 0.15) is 24.0 Å². The van der Waals surface area contributed by atoms with Crippen LogP contribution in [0.5, 0.6) is 5.75 Å². The Kier molecular flexibility index (Phi) is 2.88. The number of benzene rings is 1. The molecule has 1 aromatic rings. The third-order valence-corrected chi connectivity index (χ3v) is 2.18. The number of phenolic OH excluding ortho intramolecular Hbond substituents is 1. The zero-order chi connectivity index (χ0) is 10.0. The van der Waals surface area contributed by atoms with Gasteiger partial charge in [0.25, 0.3) is 0 Å². The predicted molar refractivity (Wildman–Crippen MR) is 50.3 cm³/mol. The van der Waals surface area contributed by atoms with Gasteiger partial charge in [0.15, 0.2) is 0 Å². The fourth-order valence-corrected chi connectivity index (χ4v) is 1.26. The van der Waals surface area contributed by atoms with Gasteiger partial charge in [0.1, 0.15) is 11.6 Å². The predicted octanol–water partition coefficient (Wildman–Crippen LogP) is 1.90. The fraction of sp³-hybridized carbons (Fsp3) is 0.400. The van der Waals surface area contributed by atoms with Crippen LogP contribution in [0, 0.1) is 12.7 Å². The van der Waals surface area contributed by atoms with Crippen molar-refractivity contribution in [2.75, 3.05) is 6.54 Å². The molecule has 0 aromatic heterocycles. The Morgan fingerprint density at radius 3 is 2.69 bits per heavy atom. The second-order valence-corrected chi connectivity index (χ2v) is 3.30. The number of hydrogen-bond donors (Lipinski definition) is 2. The van der Waals surface area contributed by atoms with Gasteiger partial charge >= 0.3 is 0 Å². The number of hydrogen-bond acceptors (Lipinski definition) is 2. The average Bonchev–Trinajstić information content (AvgIpc) is 2.10. The highest BCUT2D eigenvalue weighted by Crippen LogP contribution is 2.29. The lowest BCUT2D eigenvalue weighted by Gasteiger charge is -2.12. The monoisotopic (exact) mass is 183 g/mol. The van der Waals surface area contributed by atoms with Crippen LogP contribution >= 0.6 is 0 Å². The summed E-state index contributed by atoms with van der Waals surface area (Å²) in [6.07, 6.45) is 0. The maximum Gasteiger partial charge on any atom is 0.124 e. The van der Waals surface area contributed by atoms with E-state index in [2.05, 4.69) is 0 Å². The Bertz CT molecular complexity index is 312. The van der Waals surface area contributed by atoms with Crippen LogP contribution in [0.15, 0.2) is 12.1 Å². The van der Waals surface area contributed by atoms with Gasteiger partial charge in [-0.05, 0) is 37.1 Å². The van der Waals surface area contributed by atoms with E-state index in [1.807, 2.05) is 6.92 Å². The second-order valence-electron chi connectivity index (χ2n) is 3.30. The minimum absolute atomic E-state index is 0.0191. The molecule has 0 radical (unpaired) electrons. The Hall–Kier alpha value is -1.09. The third kappa shape index (κ3) is 1.98. The second kappa shape index (κ2) is 3.75. The van der Waals surface area contributed by atoms with Crippen LogP contribution in [-0.2, 0) is 0 Å². The third-order valence-electron chi connectivity index (χ3n) is 2.18. The summed E-state index contributed by atoms with van der Waals surface area (Å²) in [5, 5.41) is 9.60. The minimum Gasteiger partial charge on any atom is -0.507 e. The van der Waals surface area contributed by atoms with Gasteiger partial charge in [-0.2, -0.15) is 0 Å². The van der Waals surface area contributed by atoms with Crippen molar-refractivity contribution < 1.29 is 9.50 Å². The van der Waals surface area contributed by atoms with Gasteiger partial charge in [0.05, 0.1) is 0 Å². The molecule has 0 spiro atoms. The molecule has 0 bridgehead atoms. The molecule has 13 heavy (non-hydrogen) atoms. The zero-order valence-electron chi connectivity index (χ0n) is 7.84. The van der Waals surface area contributed by atoms with Gasteiger partial charge in [-0.15, -0.1) is 0 Å². The number of phenols is 1. The van der Waals surface area contributed by atoms with Gasteiger partial charge in [-0.1, -0.05) is 6.92 Å². The maximum atomic E-state index is 13.0. The van der Waals surface area contributed by atoms with E-state index in [9.17, 15) is 9.50 Å². The van der Waals surface area contributed by atoms with E-state index >= 15 is 0 Å². The van der Waals surface area contributed by atoms with Crippen LogP contribution in [0.3, 0.4) is 0 Å². The molecular formula is C10H14FNO. The first-order chi connectivity index (χ1) is 6.06. The molecule has 0 aliphatic heterocycles. The van der Waals surface area contributed by atoms with Crippen LogP contribution in [0.4, 0.5) is 4.39 Å². The first-order valence-electron chi connectivity index (χ1n) is 4.25. The Balaban J connectivity index is 3.20. The first kappa shape index (κ1) is 9.99. The van der Waals surface area contributed by atoms with E-state index in [1.54, 1.807) is 6.92 Å². The van der Waals surface area contributed by atoms with Crippen molar-refractivity contribution in [1.29, 1.82) is 0 Å². The normalized spacial score (nSPS) is 12.9.